The number of rotatable bonds is 10. The molecule has 0 heterocycles. The maximum Gasteiger partial charge on any atom is 0.453 e. The van der Waals surface area contributed by atoms with Gasteiger partial charge in [-0.1, -0.05) is 96.6 Å². The van der Waals surface area contributed by atoms with Crippen LogP contribution in [0.4, 0.5) is 4.79 Å². The third kappa shape index (κ3) is 7.24. The molecule has 0 spiro atoms. The first-order valence-corrected chi connectivity index (χ1v) is 13.2. The summed E-state index contributed by atoms with van der Waals surface area (Å²) in [5.74, 6) is -0.292. The highest BCUT2D eigenvalue weighted by Crippen LogP contribution is 2.53. The van der Waals surface area contributed by atoms with E-state index in [2.05, 4.69) is 5.32 Å². The van der Waals surface area contributed by atoms with E-state index in [0.29, 0.717) is 11.5 Å². The van der Waals surface area contributed by atoms with Crippen LogP contribution in [0.3, 0.4) is 0 Å². The Hall–Kier alpha value is -4.02. The van der Waals surface area contributed by atoms with E-state index in [4.69, 9.17) is 13.8 Å². The van der Waals surface area contributed by atoms with Gasteiger partial charge >= 0.3 is 13.7 Å². The molecule has 0 aliphatic rings. The van der Waals surface area contributed by atoms with E-state index in [0.717, 1.165) is 16.7 Å². The Bertz CT molecular complexity index is 1240. The molecule has 0 aliphatic heterocycles. The highest BCUT2D eigenvalue weighted by atomic mass is 31.2. The van der Waals surface area contributed by atoms with Crippen LogP contribution >= 0.6 is 7.60 Å². The maximum absolute atomic E-state index is 14.4. The molecule has 184 valence electrons. The Morgan fingerprint density at radius 2 is 1.22 bits per heavy atom. The molecule has 0 saturated heterocycles. The number of nitrogens with one attached hydrogen (secondary N) is 1. The molecular weight excluding hydrogens is 473 g/mol. The standard InChI is InChI=1S/C29H28NO5P/c1-23-17-19-24(20-18-23)21-28(30-29(31)33-22-25-11-5-2-6-12-25)36(32,34-26-13-7-3-8-14-26)35-27-15-9-4-10-16-27/h2-20,28H,21-22H2,1H3,(H,30,31). The lowest BCUT2D eigenvalue weighted by Gasteiger charge is -2.28. The summed E-state index contributed by atoms with van der Waals surface area (Å²) in [5, 5.41) is 2.76. The molecule has 0 fully saturated rings. The van der Waals surface area contributed by atoms with Crippen LogP contribution in [-0.4, -0.2) is 11.9 Å². The molecule has 1 amide bonds. The van der Waals surface area contributed by atoms with Crippen molar-refractivity contribution in [3.8, 4) is 11.5 Å². The van der Waals surface area contributed by atoms with Crippen LogP contribution in [0.15, 0.2) is 115 Å². The van der Waals surface area contributed by atoms with Crippen LogP contribution in [0.2, 0.25) is 0 Å². The fraction of sp³-hybridized carbons (Fsp3) is 0.138. The maximum atomic E-state index is 14.4. The van der Waals surface area contributed by atoms with Gasteiger partial charge in [-0.25, -0.2) is 9.36 Å². The van der Waals surface area contributed by atoms with E-state index >= 15 is 0 Å². The summed E-state index contributed by atoms with van der Waals surface area (Å²) in [5.41, 5.74) is 2.80. The average molecular weight is 502 g/mol. The molecule has 4 aromatic rings. The zero-order valence-electron chi connectivity index (χ0n) is 19.9. The molecule has 1 unspecified atom stereocenters. The van der Waals surface area contributed by atoms with Crippen molar-refractivity contribution in [1.82, 2.24) is 5.32 Å². The third-order valence-corrected chi connectivity index (χ3v) is 7.39. The number of carbonyl (C=O) groups is 1. The Morgan fingerprint density at radius 1 is 0.722 bits per heavy atom. The first kappa shape index (κ1) is 25.1. The van der Waals surface area contributed by atoms with E-state index in [9.17, 15) is 9.36 Å². The van der Waals surface area contributed by atoms with Crippen LogP contribution in [0, 0.1) is 6.92 Å². The Morgan fingerprint density at radius 3 is 1.75 bits per heavy atom. The van der Waals surface area contributed by atoms with Gasteiger partial charge in [-0.05, 0) is 42.3 Å². The summed E-state index contributed by atoms with van der Waals surface area (Å²) < 4.78 is 31.8. The van der Waals surface area contributed by atoms with Gasteiger partial charge in [0.05, 0.1) is 0 Å². The van der Waals surface area contributed by atoms with Gasteiger partial charge in [-0.3, -0.25) is 0 Å². The predicted octanol–water partition coefficient (Wildman–Crippen LogP) is 7.14. The number of aryl methyl sites for hydroxylation is 1. The Kier molecular flexibility index (Phi) is 8.43. The van der Waals surface area contributed by atoms with E-state index in [1.54, 1.807) is 48.5 Å². The first-order valence-electron chi connectivity index (χ1n) is 11.6. The molecule has 0 radical (unpaired) electrons. The second kappa shape index (κ2) is 12.1. The molecule has 1 atom stereocenters. The largest absolute Gasteiger partial charge is 0.453 e. The molecule has 7 heteroatoms. The summed E-state index contributed by atoms with van der Waals surface area (Å²) in [6.07, 6.45) is -0.512. The summed E-state index contributed by atoms with van der Waals surface area (Å²) in [6.45, 7) is 2.07. The van der Waals surface area contributed by atoms with Gasteiger partial charge in [-0.2, -0.15) is 0 Å². The van der Waals surface area contributed by atoms with Gasteiger partial charge in [0.1, 0.15) is 18.1 Å². The fourth-order valence-corrected chi connectivity index (χ4v) is 5.31. The van der Waals surface area contributed by atoms with Crippen molar-refractivity contribution in [2.75, 3.05) is 0 Å². The second-order valence-electron chi connectivity index (χ2n) is 8.26. The van der Waals surface area contributed by atoms with Crippen molar-refractivity contribution in [1.29, 1.82) is 0 Å². The Balaban J connectivity index is 1.62. The molecule has 0 aliphatic carbocycles. The van der Waals surface area contributed by atoms with Crippen molar-refractivity contribution >= 4 is 13.7 Å². The van der Waals surface area contributed by atoms with Crippen molar-refractivity contribution in [3.63, 3.8) is 0 Å². The zero-order valence-corrected chi connectivity index (χ0v) is 20.8. The molecule has 36 heavy (non-hydrogen) atoms. The van der Waals surface area contributed by atoms with E-state index in [-0.39, 0.29) is 13.0 Å². The molecular formula is C29H28NO5P. The summed E-state index contributed by atoms with van der Waals surface area (Å²) in [6, 6.07) is 34.7. The summed E-state index contributed by atoms with van der Waals surface area (Å²) in [7, 11) is -4.01. The first-order chi connectivity index (χ1) is 17.5. The number of para-hydroxylation sites is 2. The van der Waals surface area contributed by atoms with E-state index in [1.807, 2.05) is 73.7 Å². The van der Waals surface area contributed by atoms with Gasteiger partial charge in [0.25, 0.3) is 0 Å². The zero-order chi connectivity index (χ0) is 25.2. The number of benzene rings is 4. The minimum absolute atomic E-state index is 0.0767. The third-order valence-electron chi connectivity index (χ3n) is 5.38. The lowest BCUT2D eigenvalue weighted by atomic mass is 10.1. The summed E-state index contributed by atoms with van der Waals surface area (Å²) in [4.78, 5) is 12.9. The normalized spacial score (nSPS) is 11.8. The Labute approximate surface area is 211 Å². The van der Waals surface area contributed by atoms with Gasteiger partial charge < -0.3 is 19.1 Å². The summed E-state index contributed by atoms with van der Waals surface area (Å²) >= 11 is 0. The molecule has 0 aromatic heterocycles. The van der Waals surface area contributed by atoms with Crippen LogP contribution in [0.5, 0.6) is 11.5 Å². The molecule has 0 bridgehead atoms. The second-order valence-corrected chi connectivity index (χ2v) is 10.3. The molecule has 6 nitrogen and oxygen atoms in total. The van der Waals surface area contributed by atoms with Crippen LogP contribution in [0.25, 0.3) is 0 Å². The van der Waals surface area contributed by atoms with Crippen molar-refractivity contribution < 1.29 is 23.1 Å². The van der Waals surface area contributed by atoms with Crippen molar-refractivity contribution in [2.45, 2.75) is 25.7 Å². The monoisotopic (exact) mass is 501 g/mol. The lowest BCUT2D eigenvalue weighted by molar-refractivity contribution is 0.137. The minimum Gasteiger partial charge on any atom is -0.445 e. The average Bonchev–Trinajstić information content (AvgIpc) is 2.90. The van der Waals surface area contributed by atoms with E-state index in [1.165, 1.54) is 0 Å². The molecule has 4 rings (SSSR count). The van der Waals surface area contributed by atoms with Gasteiger partial charge in [0.2, 0.25) is 0 Å². The number of alkyl carbamates (subject to hydrolysis) is 1. The van der Waals surface area contributed by atoms with Crippen LogP contribution in [0.1, 0.15) is 16.7 Å². The van der Waals surface area contributed by atoms with Gasteiger partial charge in [0.15, 0.2) is 5.78 Å². The smallest absolute Gasteiger partial charge is 0.445 e. The van der Waals surface area contributed by atoms with Crippen molar-refractivity contribution in [3.05, 3.63) is 132 Å². The van der Waals surface area contributed by atoms with E-state index < -0.39 is 19.5 Å². The topological polar surface area (TPSA) is 73.9 Å². The highest BCUT2D eigenvalue weighted by Gasteiger charge is 2.41. The van der Waals surface area contributed by atoms with Gasteiger partial charge in [0, 0.05) is 6.42 Å². The van der Waals surface area contributed by atoms with Crippen LogP contribution in [-0.2, 0) is 22.3 Å². The highest BCUT2D eigenvalue weighted by molar-refractivity contribution is 7.55. The number of hydrogen-bond acceptors (Lipinski definition) is 5. The molecule has 0 saturated carbocycles. The lowest BCUT2D eigenvalue weighted by Crippen LogP contribution is -2.39. The molecule has 4 aromatic carbocycles. The quantitative estimate of drug-likeness (QED) is 0.234. The number of hydrogen-bond donors (Lipinski definition) is 1. The number of carbonyl (C=O) groups excluding carboxylic acids is 1. The number of amides is 1. The van der Waals surface area contributed by atoms with Gasteiger partial charge in [-0.15, -0.1) is 0 Å². The van der Waals surface area contributed by atoms with Crippen LogP contribution < -0.4 is 14.4 Å². The molecule has 1 N–H and O–H groups in total. The minimum atomic E-state index is -4.01. The fourth-order valence-electron chi connectivity index (χ4n) is 3.49. The predicted molar refractivity (Wildman–Crippen MR) is 140 cm³/mol. The number of ether oxygens (including phenoxy) is 1. The SMILES string of the molecule is Cc1ccc(CC(NC(=O)OCc2ccccc2)P(=O)(Oc2ccccc2)Oc2ccccc2)cc1. The van der Waals surface area contributed by atoms with Crippen molar-refractivity contribution in [2.24, 2.45) is 0 Å².